The van der Waals surface area contributed by atoms with Crippen LogP contribution in [0.3, 0.4) is 0 Å². The Hall–Kier alpha value is -1.43. The van der Waals surface area contributed by atoms with Crippen molar-refractivity contribution < 1.29 is 14.4 Å². The molecule has 0 fully saturated rings. The van der Waals surface area contributed by atoms with E-state index in [0.717, 1.165) is 32.1 Å². The predicted molar refractivity (Wildman–Crippen MR) is 70.6 cm³/mol. The molecule has 1 aromatic heterocycles. The van der Waals surface area contributed by atoms with Gasteiger partial charge in [-0.1, -0.05) is 12.1 Å². The van der Waals surface area contributed by atoms with Gasteiger partial charge in [0.05, 0.1) is 0 Å². The number of rotatable bonds is 10. The quantitative estimate of drug-likeness (QED) is 0.624. The number of hydrogen-bond donors (Lipinski definition) is 2. The highest BCUT2D eigenvalue weighted by molar-refractivity contribution is 5.75. The van der Waals surface area contributed by atoms with Gasteiger partial charge in [-0.2, -0.15) is 4.98 Å². The van der Waals surface area contributed by atoms with E-state index in [4.69, 9.17) is 9.63 Å². The first-order chi connectivity index (χ1) is 9.26. The van der Waals surface area contributed by atoms with Crippen molar-refractivity contribution in [2.45, 2.75) is 51.9 Å². The summed E-state index contributed by atoms with van der Waals surface area (Å²) in [5.41, 5.74) is 0. The molecule has 0 radical (unpaired) electrons. The fraction of sp³-hybridized carbons (Fsp3) is 0.769. The molecular weight excluding hydrogens is 246 g/mol. The number of carbonyl (C=O) groups is 1. The molecule has 0 saturated heterocycles. The van der Waals surface area contributed by atoms with Crippen molar-refractivity contribution in [3.63, 3.8) is 0 Å². The molecule has 1 rings (SSSR count). The van der Waals surface area contributed by atoms with Gasteiger partial charge in [0.15, 0.2) is 5.82 Å². The van der Waals surface area contributed by atoms with Crippen LogP contribution in [-0.4, -0.2) is 34.3 Å². The Bertz CT molecular complexity index is 366. The maximum atomic E-state index is 11.5. The molecule has 0 spiro atoms. The Balaban J connectivity index is 2.11. The maximum Gasteiger partial charge on any atom is 0.227 e. The van der Waals surface area contributed by atoms with E-state index in [-0.39, 0.29) is 12.5 Å². The summed E-state index contributed by atoms with van der Waals surface area (Å²) in [6, 6.07) is 0. The van der Waals surface area contributed by atoms with Gasteiger partial charge in [-0.3, -0.25) is 4.79 Å². The van der Waals surface area contributed by atoms with Gasteiger partial charge >= 0.3 is 0 Å². The fourth-order valence-corrected chi connectivity index (χ4v) is 1.67. The number of aliphatic hydroxyl groups excluding tert-OH is 1. The normalized spacial score (nSPS) is 10.6. The highest BCUT2D eigenvalue weighted by atomic mass is 16.5. The van der Waals surface area contributed by atoms with Crippen LogP contribution in [0.5, 0.6) is 0 Å². The lowest BCUT2D eigenvalue weighted by Gasteiger charge is -2.03. The minimum Gasteiger partial charge on any atom is -0.396 e. The van der Waals surface area contributed by atoms with E-state index in [2.05, 4.69) is 22.4 Å². The van der Waals surface area contributed by atoms with E-state index >= 15 is 0 Å². The standard InChI is InChI=1S/C13H23N3O3/c1-2-6-11-15-13(19-16-11)8-7-12(18)14-9-4-3-5-10-17/h17H,2-10H2,1H3,(H,14,18). The lowest BCUT2D eigenvalue weighted by atomic mass is 10.2. The van der Waals surface area contributed by atoms with Gasteiger partial charge in [0, 0.05) is 32.4 Å². The van der Waals surface area contributed by atoms with Crippen LogP contribution < -0.4 is 5.32 Å². The average Bonchev–Trinajstić information content (AvgIpc) is 2.84. The molecule has 0 aliphatic heterocycles. The zero-order valence-corrected chi connectivity index (χ0v) is 11.5. The Morgan fingerprint density at radius 1 is 1.32 bits per heavy atom. The summed E-state index contributed by atoms with van der Waals surface area (Å²) in [6.07, 6.45) is 5.26. The van der Waals surface area contributed by atoms with Crippen LogP contribution >= 0.6 is 0 Å². The smallest absolute Gasteiger partial charge is 0.227 e. The van der Waals surface area contributed by atoms with Crippen molar-refractivity contribution in [1.29, 1.82) is 0 Å². The first-order valence-corrected chi connectivity index (χ1v) is 6.95. The summed E-state index contributed by atoms with van der Waals surface area (Å²) in [5.74, 6) is 1.24. The molecular formula is C13H23N3O3. The Morgan fingerprint density at radius 2 is 2.16 bits per heavy atom. The molecule has 6 heteroatoms. The zero-order valence-electron chi connectivity index (χ0n) is 11.5. The highest BCUT2D eigenvalue weighted by Crippen LogP contribution is 2.03. The second-order valence-electron chi connectivity index (χ2n) is 4.49. The lowest BCUT2D eigenvalue weighted by molar-refractivity contribution is -0.121. The van der Waals surface area contributed by atoms with Gasteiger partial charge in [-0.15, -0.1) is 0 Å². The molecule has 0 bridgehead atoms. The third-order valence-electron chi connectivity index (χ3n) is 2.71. The summed E-state index contributed by atoms with van der Waals surface area (Å²) in [7, 11) is 0. The number of aliphatic hydroxyl groups is 1. The van der Waals surface area contributed by atoms with Crippen molar-refractivity contribution in [1.82, 2.24) is 15.5 Å². The number of aromatic nitrogens is 2. The molecule has 2 N–H and O–H groups in total. The zero-order chi connectivity index (χ0) is 13.9. The summed E-state index contributed by atoms with van der Waals surface area (Å²) < 4.78 is 5.06. The number of nitrogens with zero attached hydrogens (tertiary/aromatic N) is 2. The van der Waals surface area contributed by atoms with Crippen LogP contribution in [-0.2, 0) is 17.6 Å². The van der Waals surface area contributed by atoms with Gasteiger partial charge in [0.1, 0.15) is 0 Å². The van der Waals surface area contributed by atoms with Gasteiger partial charge in [0.2, 0.25) is 11.8 Å². The van der Waals surface area contributed by atoms with Crippen LogP contribution in [0.25, 0.3) is 0 Å². The third kappa shape index (κ3) is 6.91. The number of carbonyl (C=O) groups excluding carboxylic acids is 1. The molecule has 19 heavy (non-hydrogen) atoms. The van der Waals surface area contributed by atoms with E-state index in [1.54, 1.807) is 0 Å². The minimum absolute atomic E-state index is 0.000704. The van der Waals surface area contributed by atoms with Crippen LogP contribution in [0.15, 0.2) is 4.52 Å². The van der Waals surface area contributed by atoms with Crippen molar-refractivity contribution in [2.75, 3.05) is 13.2 Å². The minimum atomic E-state index is -0.000704. The summed E-state index contributed by atoms with van der Waals surface area (Å²) in [4.78, 5) is 15.7. The van der Waals surface area contributed by atoms with Gasteiger partial charge in [-0.25, -0.2) is 0 Å². The van der Waals surface area contributed by atoms with Crippen LogP contribution in [0, 0.1) is 0 Å². The fourth-order valence-electron chi connectivity index (χ4n) is 1.67. The number of amides is 1. The van der Waals surface area contributed by atoms with Gasteiger partial charge < -0.3 is 14.9 Å². The second kappa shape index (κ2) is 9.49. The maximum absolute atomic E-state index is 11.5. The van der Waals surface area contributed by atoms with Crippen molar-refractivity contribution in [3.8, 4) is 0 Å². The molecule has 1 heterocycles. The van der Waals surface area contributed by atoms with E-state index in [1.807, 2.05) is 0 Å². The summed E-state index contributed by atoms with van der Waals surface area (Å²) >= 11 is 0. The molecule has 0 saturated carbocycles. The molecule has 0 aliphatic rings. The molecule has 0 unspecified atom stereocenters. The van der Waals surface area contributed by atoms with Gasteiger partial charge in [-0.05, 0) is 25.7 Å². The number of nitrogens with one attached hydrogen (secondary N) is 1. The largest absolute Gasteiger partial charge is 0.396 e. The van der Waals surface area contributed by atoms with Crippen LogP contribution in [0.1, 0.15) is 50.7 Å². The second-order valence-corrected chi connectivity index (χ2v) is 4.49. The molecule has 108 valence electrons. The first kappa shape index (κ1) is 15.6. The van der Waals surface area contributed by atoms with Crippen molar-refractivity contribution in [2.24, 2.45) is 0 Å². The molecule has 0 atom stereocenters. The summed E-state index contributed by atoms with van der Waals surface area (Å²) in [5, 5.41) is 15.3. The molecule has 6 nitrogen and oxygen atoms in total. The third-order valence-corrected chi connectivity index (χ3v) is 2.71. The summed E-state index contributed by atoms with van der Waals surface area (Å²) in [6.45, 7) is 2.93. The lowest BCUT2D eigenvalue weighted by Crippen LogP contribution is -2.24. The average molecular weight is 269 g/mol. The molecule has 1 aromatic rings. The Morgan fingerprint density at radius 3 is 2.89 bits per heavy atom. The molecule has 0 aromatic carbocycles. The SMILES string of the molecule is CCCc1noc(CCC(=O)NCCCCCO)n1. The molecule has 1 amide bonds. The Kier molecular flexibility index (Phi) is 7.81. The van der Waals surface area contributed by atoms with Crippen molar-refractivity contribution in [3.05, 3.63) is 11.7 Å². The monoisotopic (exact) mass is 269 g/mol. The van der Waals surface area contributed by atoms with Gasteiger partial charge in [0.25, 0.3) is 0 Å². The number of hydrogen-bond acceptors (Lipinski definition) is 5. The predicted octanol–water partition coefficient (Wildman–Crippen LogP) is 1.23. The topological polar surface area (TPSA) is 88.2 Å². The first-order valence-electron chi connectivity index (χ1n) is 6.95. The van der Waals surface area contributed by atoms with Crippen LogP contribution in [0.2, 0.25) is 0 Å². The number of aryl methyl sites for hydroxylation is 2. The van der Waals surface area contributed by atoms with Crippen molar-refractivity contribution >= 4 is 5.91 Å². The number of unbranched alkanes of at least 4 members (excludes halogenated alkanes) is 2. The van der Waals surface area contributed by atoms with E-state index in [0.29, 0.717) is 31.1 Å². The van der Waals surface area contributed by atoms with E-state index in [9.17, 15) is 4.79 Å². The highest BCUT2D eigenvalue weighted by Gasteiger charge is 2.08. The van der Waals surface area contributed by atoms with Crippen LogP contribution in [0.4, 0.5) is 0 Å². The van der Waals surface area contributed by atoms with E-state index < -0.39 is 0 Å². The Labute approximate surface area is 113 Å². The molecule has 0 aliphatic carbocycles. The van der Waals surface area contributed by atoms with E-state index in [1.165, 1.54) is 0 Å².